The molecule has 1 aliphatic carbocycles. The zero-order chi connectivity index (χ0) is 18.6. The number of rotatable bonds is 5. The lowest BCUT2D eigenvalue weighted by atomic mass is 9.84. The van der Waals surface area contributed by atoms with Crippen LogP contribution in [0.5, 0.6) is 0 Å². The summed E-state index contributed by atoms with van der Waals surface area (Å²) in [5, 5.41) is 2.87. The largest absolute Gasteiger partial charge is 0.322 e. The van der Waals surface area contributed by atoms with Crippen LogP contribution >= 0.6 is 0 Å². The third-order valence-corrected chi connectivity index (χ3v) is 5.64. The number of aromatic nitrogens is 2. The number of carbonyl (C=O) groups excluding carboxylic acids is 2. The normalized spacial score (nSPS) is 18.2. The summed E-state index contributed by atoms with van der Waals surface area (Å²) in [6.07, 6.45) is 9.65. The average molecular weight is 364 g/mol. The molecule has 1 aromatic carbocycles. The van der Waals surface area contributed by atoms with Crippen LogP contribution in [0.15, 0.2) is 42.9 Å². The molecule has 1 N–H and O–H groups in total. The highest BCUT2D eigenvalue weighted by Gasteiger charge is 2.37. The molecular formula is C21H24N4O2. The van der Waals surface area contributed by atoms with E-state index in [9.17, 15) is 9.59 Å². The zero-order valence-corrected chi connectivity index (χ0v) is 15.3. The van der Waals surface area contributed by atoms with Crippen LogP contribution < -0.4 is 5.32 Å². The summed E-state index contributed by atoms with van der Waals surface area (Å²) < 4.78 is 0. The van der Waals surface area contributed by atoms with Crippen molar-refractivity contribution in [2.45, 2.75) is 51.1 Å². The van der Waals surface area contributed by atoms with Crippen molar-refractivity contribution in [3.05, 3.63) is 54.0 Å². The lowest BCUT2D eigenvalue weighted by Gasteiger charge is -2.31. The van der Waals surface area contributed by atoms with Crippen LogP contribution in [0.1, 0.15) is 54.4 Å². The topological polar surface area (TPSA) is 75.2 Å². The van der Waals surface area contributed by atoms with E-state index in [1.807, 2.05) is 24.3 Å². The van der Waals surface area contributed by atoms with Crippen molar-refractivity contribution >= 4 is 17.6 Å². The van der Waals surface area contributed by atoms with Gasteiger partial charge in [0.15, 0.2) is 0 Å². The molecule has 1 aromatic heterocycles. The number of hydrogen-bond donors (Lipinski definition) is 1. The van der Waals surface area contributed by atoms with Crippen LogP contribution in [0.2, 0.25) is 0 Å². The number of benzene rings is 1. The number of nitrogens with zero attached hydrogens (tertiary/aromatic N) is 3. The average Bonchev–Trinajstić information content (AvgIpc) is 3.04. The van der Waals surface area contributed by atoms with Gasteiger partial charge in [-0.25, -0.2) is 9.97 Å². The van der Waals surface area contributed by atoms with Crippen molar-refractivity contribution in [2.24, 2.45) is 5.92 Å². The fourth-order valence-corrected chi connectivity index (χ4v) is 4.22. The van der Waals surface area contributed by atoms with Crippen molar-refractivity contribution in [2.75, 3.05) is 5.32 Å². The van der Waals surface area contributed by atoms with Gasteiger partial charge in [-0.15, -0.1) is 0 Å². The first kappa shape index (κ1) is 17.6. The second kappa shape index (κ2) is 7.86. The van der Waals surface area contributed by atoms with E-state index in [0.29, 0.717) is 30.3 Å². The summed E-state index contributed by atoms with van der Waals surface area (Å²) >= 11 is 0. The molecule has 140 valence electrons. The molecule has 2 amide bonds. The summed E-state index contributed by atoms with van der Waals surface area (Å²) in [7, 11) is 0. The fraction of sp³-hybridized carbons (Fsp3) is 0.429. The van der Waals surface area contributed by atoms with Crippen LogP contribution in [-0.2, 0) is 11.3 Å². The molecule has 2 heterocycles. The van der Waals surface area contributed by atoms with Gasteiger partial charge in [0.25, 0.3) is 5.91 Å². The monoisotopic (exact) mass is 364 g/mol. The summed E-state index contributed by atoms with van der Waals surface area (Å²) in [4.78, 5) is 35.8. The van der Waals surface area contributed by atoms with Crippen LogP contribution in [0.4, 0.5) is 5.82 Å². The van der Waals surface area contributed by atoms with Crippen LogP contribution in [0.25, 0.3) is 0 Å². The molecule has 1 aliphatic heterocycles. The number of nitrogens with one attached hydrogen (secondary N) is 1. The Morgan fingerprint density at radius 2 is 2.00 bits per heavy atom. The standard InChI is InChI=1S/C21H24N4O2/c26-20(24-19-10-11-22-14-23-19)18(12-15-6-2-1-3-7-15)25-13-16-8-4-5-9-17(16)21(25)27/h4-5,8-11,14-15,18H,1-3,6-7,12-13H2,(H,22,23,24,26). The van der Waals surface area contributed by atoms with Gasteiger partial charge in [-0.05, 0) is 30.0 Å². The van der Waals surface area contributed by atoms with E-state index in [-0.39, 0.29) is 11.8 Å². The maximum absolute atomic E-state index is 13.1. The first-order chi connectivity index (χ1) is 13.2. The minimum Gasteiger partial charge on any atom is -0.322 e. The SMILES string of the molecule is O=C(Nc1ccncn1)C(CC1CCCCC1)N1Cc2ccccc2C1=O. The first-order valence-electron chi connectivity index (χ1n) is 9.68. The molecule has 1 atom stereocenters. The van der Waals surface area contributed by atoms with Gasteiger partial charge in [0.2, 0.25) is 5.91 Å². The van der Waals surface area contributed by atoms with Gasteiger partial charge >= 0.3 is 0 Å². The Morgan fingerprint density at radius 1 is 1.19 bits per heavy atom. The van der Waals surface area contributed by atoms with Crippen molar-refractivity contribution in [1.29, 1.82) is 0 Å². The third kappa shape index (κ3) is 3.84. The molecule has 6 nitrogen and oxygen atoms in total. The summed E-state index contributed by atoms with van der Waals surface area (Å²) in [5.74, 6) is 0.730. The molecular weight excluding hydrogens is 340 g/mol. The van der Waals surface area contributed by atoms with Gasteiger partial charge < -0.3 is 10.2 Å². The number of anilines is 1. The van der Waals surface area contributed by atoms with E-state index in [2.05, 4.69) is 15.3 Å². The fourth-order valence-electron chi connectivity index (χ4n) is 4.22. The molecule has 2 aliphatic rings. The van der Waals surface area contributed by atoms with Crippen LogP contribution in [0, 0.1) is 5.92 Å². The molecule has 0 radical (unpaired) electrons. The van der Waals surface area contributed by atoms with Gasteiger partial charge in [-0.2, -0.15) is 0 Å². The first-order valence-corrected chi connectivity index (χ1v) is 9.68. The smallest absolute Gasteiger partial charge is 0.255 e. The molecule has 0 saturated heterocycles. The number of amides is 2. The Kier molecular flexibility index (Phi) is 5.14. The van der Waals surface area contributed by atoms with E-state index in [1.54, 1.807) is 17.2 Å². The highest BCUT2D eigenvalue weighted by atomic mass is 16.2. The van der Waals surface area contributed by atoms with Gasteiger partial charge in [0.1, 0.15) is 18.2 Å². The molecule has 2 aromatic rings. The quantitative estimate of drug-likeness (QED) is 0.882. The number of hydrogen-bond acceptors (Lipinski definition) is 4. The minimum absolute atomic E-state index is 0.0516. The van der Waals surface area contributed by atoms with E-state index in [1.165, 1.54) is 25.6 Å². The Hall–Kier alpha value is -2.76. The third-order valence-electron chi connectivity index (χ3n) is 5.64. The maximum atomic E-state index is 13.1. The van der Waals surface area contributed by atoms with Gasteiger partial charge in [-0.1, -0.05) is 50.3 Å². The lowest BCUT2D eigenvalue weighted by Crippen LogP contribution is -2.45. The Labute approximate surface area is 159 Å². The molecule has 0 spiro atoms. The maximum Gasteiger partial charge on any atom is 0.255 e. The van der Waals surface area contributed by atoms with E-state index < -0.39 is 6.04 Å². The molecule has 6 heteroatoms. The van der Waals surface area contributed by atoms with E-state index in [4.69, 9.17) is 0 Å². The molecule has 27 heavy (non-hydrogen) atoms. The lowest BCUT2D eigenvalue weighted by molar-refractivity contribution is -0.121. The highest BCUT2D eigenvalue weighted by Crippen LogP contribution is 2.32. The molecule has 4 rings (SSSR count). The highest BCUT2D eigenvalue weighted by molar-refractivity contribution is 6.03. The minimum atomic E-state index is -0.483. The summed E-state index contributed by atoms with van der Waals surface area (Å²) in [6.45, 7) is 0.490. The second-order valence-electron chi connectivity index (χ2n) is 7.43. The Balaban J connectivity index is 1.56. The Bertz CT molecular complexity index is 818. The van der Waals surface area contributed by atoms with Crippen LogP contribution in [-0.4, -0.2) is 32.7 Å². The molecule has 1 saturated carbocycles. The van der Waals surface area contributed by atoms with Crippen molar-refractivity contribution in [3.8, 4) is 0 Å². The predicted octanol–water partition coefficient (Wildman–Crippen LogP) is 3.41. The molecule has 1 fully saturated rings. The molecule has 1 unspecified atom stereocenters. The van der Waals surface area contributed by atoms with E-state index >= 15 is 0 Å². The Morgan fingerprint density at radius 3 is 2.74 bits per heavy atom. The van der Waals surface area contributed by atoms with Crippen molar-refractivity contribution in [1.82, 2.24) is 14.9 Å². The van der Waals surface area contributed by atoms with E-state index in [0.717, 1.165) is 18.4 Å². The van der Waals surface area contributed by atoms with Crippen molar-refractivity contribution in [3.63, 3.8) is 0 Å². The summed E-state index contributed by atoms with van der Waals surface area (Å²) in [5.41, 5.74) is 1.70. The summed E-state index contributed by atoms with van der Waals surface area (Å²) in [6, 6.07) is 8.80. The molecule has 0 bridgehead atoms. The second-order valence-corrected chi connectivity index (χ2v) is 7.43. The predicted molar refractivity (Wildman–Crippen MR) is 102 cm³/mol. The number of fused-ring (bicyclic) bond motifs is 1. The number of carbonyl (C=O) groups is 2. The zero-order valence-electron chi connectivity index (χ0n) is 15.3. The van der Waals surface area contributed by atoms with Crippen LogP contribution in [0.3, 0.4) is 0 Å². The van der Waals surface area contributed by atoms with Gasteiger partial charge in [0, 0.05) is 18.3 Å². The van der Waals surface area contributed by atoms with Crippen molar-refractivity contribution < 1.29 is 9.59 Å². The van der Waals surface area contributed by atoms with Gasteiger partial charge in [-0.3, -0.25) is 9.59 Å². The van der Waals surface area contributed by atoms with Gasteiger partial charge in [0.05, 0.1) is 0 Å².